The first-order chi connectivity index (χ1) is 15.6. The second kappa shape index (κ2) is 11.5. The van der Waals surface area contributed by atoms with Crippen molar-refractivity contribution in [1.29, 1.82) is 0 Å². The summed E-state index contributed by atoms with van der Waals surface area (Å²) in [4.78, 5) is 19.5. The monoisotopic (exact) mass is 456 g/mol. The lowest BCUT2D eigenvalue weighted by molar-refractivity contribution is -0.120. The first-order valence-corrected chi connectivity index (χ1v) is 11.1. The highest BCUT2D eigenvalue weighted by atomic mass is 32.1. The lowest BCUT2D eigenvalue weighted by Gasteiger charge is -2.20. The van der Waals surface area contributed by atoms with Crippen molar-refractivity contribution >= 4 is 22.4 Å². The van der Waals surface area contributed by atoms with E-state index < -0.39 is 0 Å². The van der Waals surface area contributed by atoms with Crippen LogP contribution in [0.15, 0.2) is 47.8 Å². The Kier molecular flexibility index (Phi) is 8.47. The number of rotatable bonds is 11. The van der Waals surface area contributed by atoms with E-state index in [1.807, 2.05) is 54.8 Å². The van der Waals surface area contributed by atoms with Crippen LogP contribution in [0.1, 0.15) is 12.0 Å². The van der Waals surface area contributed by atoms with Crippen LogP contribution in [0.2, 0.25) is 0 Å². The Balaban J connectivity index is 1.82. The molecular weight excluding hydrogens is 428 g/mol. The van der Waals surface area contributed by atoms with Crippen LogP contribution in [0.4, 0.5) is 5.13 Å². The van der Waals surface area contributed by atoms with Crippen LogP contribution in [0.5, 0.6) is 17.2 Å². The molecule has 0 saturated carbocycles. The maximum Gasteiger partial charge on any atom is 0.266 e. The number of carbonyl (C=O) groups excluding carboxylic acids is 1. The Morgan fingerprint density at radius 2 is 1.88 bits per heavy atom. The van der Waals surface area contributed by atoms with Crippen molar-refractivity contribution in [3.63, 3.8) is 0 Å². The number of anilines is 1. The SMILES string of the molecule is COCCCN(C(=O)COc1ccccc1C)c1nc(-c2cc(OC)ccc2OC)cs1. The quantitative estimate of drug-likeness (QED) is 0.393. The number of methoxy groups -OCH3 is 3. The van der Waals surface area contributed by atoms with Crippen LogP contribution in [0, 0.1) is 6.92 Å². The molecule has 2 aromatic carbocycles. The molecular formula is C24H28N2O5S. The van der Waals surface area contributed by atoms with E-state index in [0.717, 1.165) is 11.1 Å². The third-order valence-corrected chi connectivity index (χ3v) is 5.75. The molecule has 8 heteroatoms. The van der Waals surface area contributed by atoms with Gasteiger partial charge in [0.2, 0.25) is 0 Å². The minimum atomic E-state index is -0.164. The fourth-order valence-electron chi connectivity index (χ4n) is 3.16. The second-order valence-electron chi connectivity index (χ2n) is 7.03. The molecule has 32 heavy (non-hydrogen) atoms. The van der Waals surface area contributed by atoms with Gasteiger partial charge in [0.05, 0.1) is 19.9 Å². The second-order valence-corrected chi connectivity index (χ2v) is 7.86. The number of hydrogen-bond donors (Lipinski definition) is 0. The molecule has 170 valence electrons. The third kappa shape index (κ3) is 5.77. The van der Waals surface area contributed by atoms with E-state index in [0.29, 0.717) is 47.6 Å². The van der Waals surface area contributed by atoms with E-state index in [-0.39, 0.29) is 12.5 Å². The van der Waals surface area contributed by atoms with Gasteiger partial charge in [-0.05, 0) is 43.2 Å². The molecule has 0 bridgehead atoms. The summed E-state index contributed by atoms with van der Waals surface area (Å²) in [6.07, 6.45) is 0.685. The van der Waals surface area contributed by atoms with Gasteiger partial charge in [0.1, 0.15) is 17.2 Å². The summed E-state index contributed by atoms with van der Waals surface area (Å²) in [5.74, 6) is 1.92. The van der Waals surface area contributed by atoms with Crippen LogP contribution < -0.4 is 19.1 Å². The van der Waals surface area contributed by atoms with Gasteiger partial charge >= 0.3 is 0 Å². The molecule has 0 fully saturated rings. The van der Waals surface area contributed by atoms with Gasteiger partial charge in [-0.3, -0.25) is 9.69 Å². The van der Waals surface area contributed by atoms with Crippen molar-refractivity contribution in [3.05, 3.63) is 53.4 Å². The number of para-hydroxylation sites is 1. The summed E-state index contributed by atoms with van der Waals surface area (Å²) in [6.45, 7) is 2.90. The lowest BCUT2D eigenvalue weighted by Crippen LogP contribution is -2.36. The Labute approximate surface area is 192 Å². The first-order valence-electron chi connectivity index (χ1n) is 10.2. The third-order valence-electron chi connectivity index (χ3n) is 4.88. The zero-order valence-corrected chi connectivity index (χ0v) is 19.6. The number of hydrogen-bond acceptors (Lipinski definition) is 7. The number of ether oxygens (including phenoxy) is 4. The summed E-state index contributed by atoms with van der Waals surface area (Å²) >= 11 is 1.40. The molecule has 1 heterocycles. The molecule has 3 aromatic rings. The zero-order chi connectivity index (χ0) is 22.9. The lowest BCUT2D eigenvalue weighted by atomic mass is 10.1. The minimum Gasteiger partial charge on any atom is -0.497 e. The van der Waals surface area contributed by atoms with Crippen LogP contribution in [0.3, 0.4) is 0 Å². The number of carbonyl (C=O) groups is 1. The fraction of sp³-hybridized carbons (Fsp3) is 0.333. The number of nitrogens with zero attached hydrogens (tertiary/aromatic N) is 2. The van der Waals surface area contributed by atoms with E-state index in [9.17, 15) is 4.79 Å². The largest absolute Gasteiger partial charge is 0.497 e. The normalized spacial score (nSPS) is 10.6. The van der Waals surface area contributed by atoms with E-state index in [1.54, 1.807) is 26.2 Å². The molecule has 0 aliphatic rings. The van der Waals surface area contributed by atoms with Crippen LogP contribution in [-0.4, -0.2) is 52.0 Å². The van der Waals surface area contributed by atoms with Crippen LogP contribution >= 0.6 is 11.3 Å². The standard InChI is InChI=1S/C24H28N2O5S/c1-17-8-5-6-9-21(17)31-15-23(27)26(12-7-13-28-2)24-25-20(16-32-24)19-14-18(29-3)10-11-22(19)30-4/h5-6,8-11,14,16H,7,12-13,15H2,1-4H3. The number of aryl methyl sites for hydroxylation is 1. The molecule has 1 amide bonds. The number of thiazole rings is 1. The van der Waals surface area contributed by atoms with Gasteiger partial charge in [0.15, 0.2) is 11.7 Å². The molecule has 0 N–H and O–H groups in total. The average molecular weight is 457 g/mol. The average Bonchev–Trinajstić information content (AvgIpc) is 3.30. The van der Waals surface area contributed by atoms with Gasteiger partial charge in [0.25, 0.3) is 5.91 Å². The van der Waals surface area contributed by atoms with E-state index in [1.165, 1.54) is 11.3 Å². The smallest absolute Gasteiger partial charge is 0.266 e. The topological polar surface area (TPSA) is 70.1 Å². The van der Waals surface area contributed by atoms with Crippen molar-refractivity contribution in [2.24, 2.45) is 0 Å². The summed E-state index contributed by atoms with van der Waals surface area (Å²) in [6, 6.07) is 13.2. The van der Waals surface area contributed by atoms with E-state index in [2.05, 4.69) is 0 Å². The van der Waals surface area contributed by atoms with Crippen molar-refractivity contribution in [2.45, 2.75) is 13.3 Å². The molecule has 0 radical (unpaired) electrons. The van der Waals surface area contributed by atoms with E-state index >= 15 is 0 Å². The molecule has 0 unspecified atom stereocenters. The van der Waals surface area contributed by atoms with Crippen molar-refractivity contribution in [2.75, 3.05) is 46.0 Å². The molecule has 3 rings (SSSR count). The molecule has 1 aromatic heterocycles. The van der Waals surface area contributed by atoms with Crippen molar-refractivity contribution < 1.29 is 23.7 Å². The Morgan fingerprint density at radius 3 is 2.59 bits per heavy atom. The molecule has 0 aliphatic carbocycles. The maximum absolute atomic E-state index is 13.1. The Hall–Kier alpha value is -3.10. The van der Waals surface area contributed by atoms with Gasteiger partial charge in [-0.1, -0.05) is 18.2 Å². The first kappa shape index (κ1) is 23.6. The molecule has 7 nitrogen and oxygen atoms in total. The Bertz CT molecular complexity index is 1040. The number of amides is 1. The van der Waals surface area contributed by atoms with Crippen LogP contribution in [0.25, 0.3) is 11.3 Å². The molecule has 0 aliphatic heterocycles. The summed E-state index contributed by atoms with van der Waals surface area (Å²) in [7, 11) is 4.87. The summed E-state index contributed by atoms with van der Waals surface area (Å²) in [5.41, 5.74) is 2.49. The van der Waals surface area contributed by atoms with Crippen molar-refractivity contribution in [3.8, 4) is 28.5 Å². The van der Waals surface area contributed by atoms with Crippen LogP contribution in [-0.2, 0) is 9.53 Å². The fourth-order valence-corrected chi connectivity index (χ4v) is 4.02. The minimum absolute atomic E-state index is 0.0742. The highest BCUT2D eigenvalue weighted by molar-refractivity contribution is 7.14. The number of benzene rings is 2. The molecule has 0 spiro atoms. The summed E-state index contributed by atoms with van der Waals surface area (Å²) in [5, 5.41) is 2.50. The zero-order valence-electron chi connectivity index (χ0n) is 18.8. The van der Waals surface area contributed by atoms with Gasteiger partial charge in [-0.25, -0.2) is 4.98 Å². The predicted molar refractivity (Wildman–Crippen MR) is 126 cm³/mol. The Morgan fingerprint density at radius 1 is 1.06 bits per heavy atom. The van der Waals surface area contributed by atoms with Gasteiger partial charge in [0, 0.05) is 31.2 Å². The number of aromatic nitrogens is 1. The predicted octanol–water partition coefficient (Wildman–Crippen LogP) is 4.58. The van der Waals surface area contributed by atoms with Gasteiger partial charge < -0.3 is 18.9 Å². The molecule has 0 saturated heterocycles. The maximum atomic E-state index is 13.1. The highest BCUT2D eigenvalue weighted by Gasteiger charge is 2.21. The summed E-state index contributed by atoms with van der Waals surface area (Å²) < 4.78 is 21.8. The van der Waals surface area contributed by atoms with E-state index in [4.69, 9.17) is 23.9 Å². The highest BCUT2D eigenvalue weighted by Crippen LogP contribution is 2.36. The van der Waals surface area contributed by atoms with Crippen molar-refractivity contribution in [1.82, 2.24) is 4.98 Å². The van der Waals surface area contributed by atoms with Gasteiger partial charge in [-0.15, -0.1) is 11.3 Å². The van der Waals surface area contributed by atoms with Gasteiger partial charge in [-0.2, -0.15) is 0 Å². The molecule has 0 atom stereocenters.